The second-order valence-corrected chi connectivity index (χ2v) is 7.52. The number of carbonyl (C=O) groups is 1. The Morgan fingerprint density at radius 1 is 1.00 bits per heavy atom. The number of aromatic nitrogens is 2. The summed E-state index contributed by atoms with van der Waals surface area (Å²) in [5, 5.41) is 4.81. The first-order chi connectivity index (χ1) is 14.5. The molecule has 154 valence electrons. The van der Waals surface area contributed by atoms with Crippen LogP contribution in [0.25, 0.3) is 11.8 Å². The van der Waals surface area contributed by atoms with Gasteiger partial charge in [0, 0.05) is 43.5 Å². The van der Waals surface area contributed by atoms with Crippen LogP contribution < -0.4 is 4.90 Å². The number of hydrogen-bond acceptors (Lipinski definition) is 3. The SMILES string of the molecule is Cc1nn(-c2ccc(F)cc2)c(Cl)c1/C=C/C(=O)N1CCN(c2ccccc2)CC1. The Hall–Kier alpha value is -3.12. The molecule has 0 saturated carbocycles. The number of amides is 1. The summed E-state index contributed by atoms with van der Waals surface area (Å²) < 4.78 is 14.7. The molecule has 0 spiro atoms. The van der Waals surface area contributed by atoms with E-state index in [-0.39, 0.29) is 11.7 Å². The Morgan fingerprint density at radius 3 is 2.33 bits per heavy atom. The molecule has 4 rings (SSSR count). The van der Waals surface area contributed by atoms with Crippen LogP contribution in [-0.2, 0) is 4.79 Å². The highest BCUT2D eigenvalue weighted by Crippen LogP contribution is 2.25. The normalized spacial score (nSPS) is 14.5. The third-order valence-electron chi connectivity index (χ3n) is 5.22. The molecular weight excluding hydrogens is 403 g/mol. The maximum Gasteiger partial charge on any atom is 0.246 e. The van der Waals surface area contributed by atoms with Crippen LogP contribution in [0.4, 0.5) is 10.1 Å². The molecule has 0 aliphatic carbocycles. The molecule has 2 heterocycles. The molecule has 1 amide bonds. The minimum absolute atomic E-state index is 0.0484. The van der Waals surface area contributed by atoms with Gasteiger partial charge < -0.3 is 9.80 Å². The van der Waals surface area contributed by atoms with Gasteiger partial charge >= 0.3 is 0 Å². The summed E-state index contributed by atoms with van der Waals surface area (Å²) in [7, 11) is 0. The van der Waals surface area contributed by atoms with E-state index in [9.17, 15) is 9.18 Å². The van der Waals surface area contributed by atoms with Crippen LogP contribution in [0.3, 0.4) is 0 Å². The van der Waals surface area contributed by atoms with Crippen LogP contribution in [0.1, 0.15) is 11.3 Å². The predicted octanol–water partition coefficient (Wildman–Crippen LogP) is 4.34. The van der Waals surface area contributed by atoms with Crippen LogP contribution >= 0.6 is 11.6 Å². The number of para-hydroxylation sites is 1. The fourth-order valence-corrected chi connectivity index (χ4v) is 3.87. The van der Waals surface area contributed by atoms with Crippen LogP contribution in [0.15, 0.2) is 60.7 Å². The first kappa shape index (κ1) is 20.2. The highest BCUT2D eigenvalue weighted by atomic mass is 35.5. The van der Waals surface area contributed by atoms with Gasteiger partial charge in [-0.2, -0.15) is 5.10 Å². The first-order valence-corrected chi connectivity index (χ1v) is 10.2. The molecule has 1 saturated heterocycles. The van der Waals surface area contributed by atoms with Gasteiger partial charge in [-0.05, 0) is 49.4 Å². The van der Waals surface area contributed by atoms with Gasteiger partial charge in [0.15, 0.2) is 0 Å². The van der Waals surface area contributed by atoms with E-state index in [1.807, 2.05) is 30.0 Å². The lowest BCUT2D eigenvalue weighted by molar-refractivity contribution is -0.126. The molecule has 1 aliphatic rings. The third kappa shape index (κ3) is 4.24. The van der Waals surface area contributed by atoms with Crippen molar-refractivity contribution in [1.29, 1.82) is 0 Å². The van der Waals surface area contributed by atoms with Gasteiger partial charge in [-0.1, -0.05) is 29.8 Å². The minimum atomic E-state index is -0.322. The number of carbonyl (C=O) groups excluding carboxylic acids is 1. The molecule has 1 aliphatic heterocycles. The zero-order valence-electron chi connectivity index (χ0n) is 16.6. The topological polar surface area (TPSA) is 41.4 Å². The molecule has 0 radical (unpaired) electrons. The van der Waals surface area contributed by atoms with Crippen molar-refractivity contribution in [3.8, 4) is 5.69 Å². The van der Waals surface area contributed by atoms with E-state index in [2.05, 4.69) is 22.1 Å². The quantitative estimate of drug-likeness (QED) is 0.585. The van der Waals surface area contributed by atoms with Gasteiger partial charge in [0.1, 0.15) is 11.0 Å². The molecule has 30 heavy (non-hydrogen) atoms. The summed E-state index contributed by atoms with van der Waals surface area (Å²) in [4.78, 5) is 16.8. The van der Waals surface area contributed by atoms with E-state index in [1.165, 1.54) is 17.8 Å². The van der Waals surface area contributed by atoms with Gasteiger partial charge in [-0.25, -0.2) is 9.07 Å². The van der Waals surface area contributed by atoms with Gasteiger partial charge in [0.25, 0.3) is 0 Å². The highest BCUT2D eigenvalue weighted by Gasteiger charge is 2.20. The van der Waals surface area contributed by atoms with Crippen molar-refractivity contribution in [1.82, 2.24) is 14.7 Å². The van der Waals surface area contributed by atoms with Crippen LogP contribution in [0.5, 0.6) is 0 Å². The van der Waals surface area contributed by atoms with Crippen LogP contribution in [-0.4, -0.2) is 46.8 Å². The van der Waals surface area contributed by atoms with Gasteiger partial charge in [0.2, 0.25) is 5.91 Å². The Morgan fingerprint density at radius 2 is 1.67 bits per heavy atom. The van der Waals surface area contributed by atoms with Crippen molar-refractivity contribution < 1.29 is 9.18 Å². The second-order valence-electron chi connectivity index (χ2n) is 7.16. The number of aryl methyl sites for hydroxylation is 1. The van der Waals surface area contributed by atoms with Gasteiger partial charge in [-0.3, -0.25) is 4.79 Å². The van der Waals surface area contributed by atoms with Crippen molar-refractivity contribution in [2.24, 2.45) is 0 Å². The number of hydrogen-bond donors (Lipinski definition) is 0. The van der Waals surface area contributed by atoms with Crippen molar-refractivity contribution in [3.63, 3.8) is 0 Å². The second kappa shape index (κ2) is 8.71. The Kier molecular flexibility index (Phi) is 5.86. The monoisotopic (exact) mass is 424 g/mol. The van der Waals surface area contributed by atoms with E-state index in [1.54, 1.807) is 29.0 Å². The predicted molar refractivity (Wildman–Crippen MR) is 118 cm³/mol. The number of nitrogens with zero attached hydrogens (tertiary/aromatic N) is 4. The zero-order valence-corrected chi connectivity index (χ0v) is 17.4. The summed E-state index contributed by atoms with van der Waals surface area (Å²) in [5.41, 5.74) is 3.21. The largest absolute Gasteiger partial charge is 0.368 e. The number of rotatable bonds is 4. The Balaban J connectivity index is 1.43. The molecule has 5 nitrogen and oxygen atoms in total. The highest BCUT2D eigenvalue weighted by molar-refractivity contribution is 6.31. The summed E-state index contributed by atoms with van der Waals surface area (Å²) >= 11 is 6.48. The molecule has 7 heteroatoms. The summed E-state index contributed by atoms with van der Waals surface area (Å²) in [5.74, 6) is -0.371. The molecule has 0 atom stereocenters. The summed E-state index contributed by atoms with van der Waals surface area (Å²) in [6, 6.07) is 16.1. The Labute approximate surface area is 180 Å². The lowest BCUT2D eigenvalue weighted by Crippen LogP contribution is -2.48. The minimum Gasteiger partial charge on any atom is -0.368 e. The number of benzene rings is 2. The van der Waals surface area contributed by atoms with E-state index in [0.29, 0.717) is 35.2 Å². The van der Waals surface area contributed by atoms with Crippen molar-refractivity contribution in [2.45, 2.75) is 6.92 Å². The average molecular weight is 425 g/mol. The van der Waals surface area contributed by atoms with Crippen molar-refractivity contribution >= 4 is 29.3 Å². The van der Waals surface area contributed by atoms with Gasteiger partial charge in [0.05, 0.1) is 11.4 Å². The lowest BCUT2D eigenvalue weighted by Gasteiger charge is -2.35. The fourth-order valence-electron chi connectivity index (χ4n) is 3.54. The zero-order chi connectivity index (χ0) is 21.1. The molecule has 0 N–H and O–H groups in total. The van der Waals surface area contributed by atoms with E-state index >= 15 is 0 Å². The molecule has 2 aromatic carbocycles. The van der Waals surface area contributed by atoms with Crippen LogP contribution in [0.2, 0.25) is 5.15 Å². The fraction of sp³-hybridized carbons (Fsp3) is 0.217. The van der Waals surface area contributed by atoms with E-state index in [4.69, 9.17) is 11.6 Å². The molecule has 0 bridgehead atoms. The van der Waals surface area contributed by atoms with Crippen LogP contribution in [0, 0.1) is 12.7 Å². The number of halogens is 2. The maximum atomic E-state index is 13.2. The van der Waals surface area contributed by atoms with Crippen molar-refractivity contribution in [2.75, 3.05) is 31.1 Å². The maximum absolute atomic E-state index is 13.2. The van der Waals surface area contributed by atoms with E-state index < -0.39 is 0 Å². The Bertz CT molecular complexity index is 1050. The smallest absolute Gasteiger partial charge is 0.246 e. The number of piperazine rings is 1. The number of anilines is 1. The molecule has 1 fully saturated rings. The van der Waals surface area contributed by atoms with Gasteiger partial charge in [-0.15, -0.1) is 0 Å². The summed E-state index contributed by atoms with van der Waals surface area (Å²) in [6.07, 6.45) is 3.25. The van der Waals surface area contributed by atoms with Crippen molar-refractivity contribution in [3.05, 3.63) is 82.9 Å². The van der Waals surface area contributed by atoms with E-state index in [0.717, 1.165) is 13.1 Å². The molecule has 3 aromatic rings. The first-order valence-electron chi connectivity index (χ1n) is 9.81. The third-order valence-corrected chi connectivity index (χ3v) is 5.59. The lowest BCUT2D eigenvalue weighted by atomic mass is 10.2. The summed E-state index contributed by atoms with van der Waals surface area (Å²) in [6.45, 7) is 4.76. The average Bonchev–Trinajstić information content (AvgIpc) is 3.06. The molecule has 1 aromatic heterocycles. The standard InChI is InChI=1S/C23H22ClFN4O/c1-17-21(23(24)29(26-17)20-9-7-18(25)8-10-20)11-12-22(30)28-15-13-27(14-16-28)19-5-3-2-4-6-19/h2-12H,13-16H2,1H3/b12-11+. The molecule has 0 unspecified atom stereocenters. The molecular formula is C23H22ClFN4O.